The molecule has 0 radical (unpaired) electrons. The summed E-state index contributed by atoms with van der Waals surface area (Å²) in [4.78, 5) is 29.7. The van der Waals surface area contributed by atoms with Crippen LogP contribution in [0.1, 0.15) is 54.7 Å². The van der Waals surface area contributed by atoms with Gasteiger partial charge in [-0.15, -0.1) is 0 Å². The minimum atomic E-state index is -0.455. The monoisotopic (exact) mass is 527 g/mol. The Morgan fingerprint density at radius 2 is 1.68 bits per heavy atom. The average Bonchev–Trinajstić information content (AvgIpc) is 3.21. The van der Waals surface area contributed by atoms with Crippen LogP contribution in [0.4, 0.5) is 11.4 Å². The number of carbonyl (C=O) groups is 1. The van der Waals surface area contributed by atoms with E-state index in [1.165, 1.54) is 66.5 Å². The zero-order valence-electron chi connectivity index (χ0n) is 21.2. The third-order valence-corrected chi connectivity index (χ3v) is 7.99. The van der Waals surface area contributed by atoms with Crippen molar-refractivity contribution >= 4 is 40.3 Å². The minimum absolute atomic E-state index is 0.00182. The molecule has 0 unspecified atom stereocenters. The summed E-state index contributed by atoms with van der Waals surface area (Å²) >= 11 is 1.27. The van der Waals surface area contributed by atoms with Gasteiger partial charge in [-0.1, -0.05) is 55.7 Å². The van der Waals surface area contributed by atoms with E-state index >= 15 is 0 Å². The molecule has 1 saturated heterocycles. The fourth-order valence-electron chi connectivity index (χ4n) is 4.71. The Hall–Kier alpha value is -3.91. The molecule has 2 fully saturated rings. The maximum atomic E-state index is 12.7. The molecule has 5 rings (SSSR count). The fourth-order valence-corrected chi connectivity index (χ4v) is 5.70. The third-order valence-electron chi connectivity index (χ3n) is 6.93. The SMILES string of the molecule is CN1C(=O)/C(=C/c2ccc(OCc3ccc(C4CCCCC4)cc3)cc2)S/C1=N/c1ccc([N+](=O)[O-])cc1. The van der Waals surface area contributed by atoms with Crippen LogP contribution in [-0.4, -0.2) is 27.9 Å². The number of carbonyl (C=O) groups excluding carboxylic acids is 1. The number of non-ortho nitro benzene ring substituents is 1. The van der Waals surface area contributed by atoms with Gasteiger partial charge in [-0.3, -0.25) is 19.8 Å². The average molecular weight is 528 g/mol. The van der Waals surface area contributed by atoms with Crippen molar-refractivity contribution in [2.45, 2.75) is 44.6 Å². The lowest BCUT2D eigenvalue weighted by atomic mass is 9.84. The summed E-state index contributed by atoms with van der Waals surface area (Å²) in [6, 6.07) is 22.4. The van der Waals surface area contributed by atoms with E-state index < -0.39 is 4.92 Å². The first kappa shape index (κ1) is 25.7. The number of hydrogen-bond acceptors (Lipinski definition) is 6. The van der Waals surface area contributed by atoms with Gasteiger partial charge in [0.05, 0.1) is 15.5 Å². The van der Waals surface area contributed by atoms with Gasteiger partial charge in [0.1, 0.15) is 12.4 Å². The fraction of sp³-hybridized carbons (Fsp3) is 0.267. The highest BCUT2D eigenvalue weighted by Gasteiger charge is 2.30. The van der Waals surface area contributed by atoms with Gasteiger partial charge in [-0.25, -0.2) is 4.99 Å². The first-order chi connectivity index (χ1) is 18.5. The second-order valence-electron chi connectivity index (χ2n) is 9.58. The Labute approximate surface area is 226 Å². The molecule has 7 nitrogen and oxygen atoms in total. The van der Waals surface area contributed by atoms with Crippen molar-refractivity contribution in [2.24, 2.45) is 4.99 Å². The van der Waals surface area contributed by atoms with Crippen LogP contribution in [-0.2, 0) is 11.4 Å². The number of rotatable bonds is 7. The molecule has 0 N–H and O–H groups in total. The third kappa shape index (κ3) is 6.14. The van der Waals surface area contributed by atoms with E-state index in [0.717, 1.165) is 16.9 Å². The number of hydrogen-bond donors (Lipinski definition) is 0. The zero-order valence-corrected chi connectivity index (χ0v) is 22.0. The Morgan fingerprint density at radius 3 is 2.34 bits per heavy atom. The highest BCUT2D eigenvalue weighted by atomic mass is 32.2. The van der Waals surface area contributed by atoms with Crippen LogP contribution in [0.15, 0.2) is 82.7 Å². The normalized spacial score (nSPS) is 18.3. The van der Waals surface area contributed by atoms with Crippen molar-refractivity contribution in [3.05, 3.63) is 105 Å². The van der Waals surface area contributed by atoms with Crippen molar-refractivity contribution in [3.63, 3.8) is 0 Å². The Bertz CT molecular complexity index is 1360. The maximum Gasteiger partial charge on any atom is 0.269 e. The van der Waals surface area contributed by atoms with Gasteiger partial charge in [0, 0.05) is 19.2 Å². The minimum Gasteiger partial charge on any atom is -0.489 e. The molecule has 0 spiro atoms. The largest absolute Gasteiger partial charge is 0.489 e. The number of nitrogens with zero attached hydrogens (tertiary/aromatic N) is 3. The molecule has 0 bridgehead atoms. The summed E-state index contributed by atoms with van der Waals surface area (Å²) in [5.41, 5.74) is 4.01. The summed E-state index contributed by atoms with van der Waals surface area (Å²) in [7, 11) is 1.67. The molecule has 194 valence electrons. The van der Waals surface area contributed by atoms with Gasteiger partial charge in [-0.2, -0.15) is 0 Å². The molecule has 1 amide bonds. The second kappa shape index (κ2) is 11.6. The molecule has 38 heavy (non-hydrogen) atoms. The van der Waals surface area contributed by atoms with E-state index in [0.29, 0.717) is 28.3 Å². The molecule has 0 aromatic heterocycles. The standard InChI is InChI=1S/C30H29N3O4S/c1-32-29(34)28(38-30(32)31-25-13-15-26(16-14-25)33(35)36)19-21-9-17-27(18-10-21)37-20-22-7-11-24(12-8-22)23-5-3-2-4-6-23/h7-19,23H,2-6,20H2,1H3/b28-19-,31-30+. The van der Waals surface area contributed by atoms with Gasteiger partial charge in [0.2, 0.25) is 0 Å². The molecule has 1 heterocycles. The molecule has 3 aromatic rings. The van der Waals surface area contributed by atoms with E-state index in [9.17, 15) is 14.9 Å². The number of likely N-dealkylation sites (N-methyl/N-ethyl adjacent to an activating group) is 1. The number of amidine groups is 1. The van der Waals surface area contributed by atoms with Crippen LogP contribution in [0.2, 0.25) is 0 Å². The lowest BCUT2D eigenvalue weighted by Crippen LogP contribution is -2.23. The number of amides is 1. The van der Waals surface area contributed by atoms with Gasteiger partial charge >= 0.3 is 0 Å². The lowest BCUT2D eigenvalue weighted by molar-refractivity contribution is -0.384. The van der Waals surface area contributed by atoms with Crippen LogP contribution < -0.4 is 4.74 Å². The van der Waals surface area contributed by atoms with Crippen LogP contribution in [0.5, 0.6) is 5.75 Å². The number of nitro groups is 1. The molecule has 1 aliphatic carbocycles. The molecular formula is C30H29N3O4S. The number of aliphatic imine (C=N–C) groups is 1. The van der Waals surface area contributed by atoms with Crippen LogP contribution in [0.3, 0.4) is 0 Å². The number of ether oxygens (including phenoxy) is 1. The smallest absolute Gasteiger partial charge is 0.269 e. The topological polar surface area (TPSA) is 85.0 Å². The van der Waals surface area contributed by atoms with Crippen molar-refractivity contribution in [3.8, 4) is 5.75 Å². The van der Waals surface area contributed by atoms with Gasteiger partial charge in [-0.05, 0) is 77.6 Å². The number of thioether (sulfide) groups is 1. The lowest BCUT2D eigenvalue weighted by Gasteiger charge is -2.22. The predicted octanol–water partition coefficient (Wildman–Crippen LogP) is 7.46. The second-order valence-corrected chi connectivity index (χ2v) is 10.6. The maximum absolute atomic E-state index is 12.7. The molecule has 0 atom stereocenters. The van der Waals surface area contributed by atoms with Crippen LogP contribution in [0.25, 0.3) is 6.08 Å². The first-order valence-corrected chi connectivity index (χ1v) is 13.6. The van der Waals surface area contributed by atoms with E-state index in [-0.39, 0.29) is 11.6 Å². The first-order valence-electron chi connectivity index (χ1n) is 12.8. The predicted molar refractivity (Wildman–Crippen MR) is 152 cm³/mol. The Kier molecular flexibility index (Phi) is 7.89. The summed E-state index contributed by atoms with van der Waals surface area (Å²) in [6.45, 7) is 0.507. The van der Waals surface area contributed by atoms with Gasteiger partial charge in [0.15, 0.2) is 5.17 Å². The highest BCUT2D eigenvalue weighted by Crippen LogP contribution is 2.34. The van der Waals surface area contributed by atoms with E-state index in [1.807, 2.05) is 30.3 Å². The zero-order chi connectivity index (χ0) is 26.5. The Balaban J connectivity index is 1.19. The molecule has 1 aliphatic heterocycles. The van der Waals surface area contributed by atoms with Crippen LogP contribution >= 0.6 is 11.8 Å². The molecular weight excluding hydrogens is 498 g/mol. The van der Waals surface area contributed by atoms with E-state index in [4.69, 9.17) is 4.74 Å². The summed E-state index contributed by atoms with van der Waals surface area (Å²) in [5.74, 6) is 1.33. The highest BCUT2D eigenvalue weighted by molar-refractivity contribution is 8.18. The van der Waals surface area contributed by atoms with Crippen molar-refractivity contribution in [1.29, 1.82) is 0 Å². The van der Waals surface area contributed by atoms with E-state index in [2.05, 4.69) is 29.3 Å². The molecule has 8 heteroatoms. The molecule has 2 aliphatic rings. The van der Waals surface area contributed by atoms with Crippen LogP contribution in [0, 0.1) is 10.1 Å². The van der Waals surface area contributed by atoms with E-state index in [1.54, 1.807) is 19.2 Å². The molecule has 3 aromatic carbocycles. The van der Waals surface area contributed by atoms with Crippen molar-refractivity contribution in [1.82, 2.24) is 4.90 Å². The number of benzene rings is 3. The summed E-state index contributed by atoms with van der Waals surface area (Å²) in [6.07, 6.45) is 8.46. The number of nitro benzene ring substituents is 1. The van der Waals surface area contributed by atoms with Gasteiger partial charge in [0.25, 0.3) is 11.6 Å². The summed E-state index contributed by atoms with van der Waals surface area (Å²) < 4.78 is 5.98. The van der Waals surface area contributed by atoms with Crippen molar-refractivity contribution < 1.29 is 14.5 Å². The van der Waals surface area contributed by atoms with Crippen molar-refractivity contribution in [2.75, 3.05) is 7.05 Å². The molecule has 1 saturated carbocycles. The quantitative estimate of drug-likeness (QED) is 0.181. The summed E-state index contributed by atoms with van der Waals surface area (Å²) in [5, 5.41) is 11.4. The Morgan fingerprint density at radius 1 is 1.00 bits per heavy atom. The van der Waals surface area contributed by atoms with Gasteiger partial charge < -0.3 is 4.74 Å².